The van der Waals surface area contributed by atoms with E-state index in [1.54, 1.807) is 36.4 Å². The number of hydrogen-bond acceptors (Lipinski definition) is 4. The van der Waals surface area contributed by atoms with Crippen LogP contribution in [0.2, 0.25) is 0 Å². The van der Waals surface area contributed by atoms with Gasteiger partial charge in [-0.25, -0.2) is 5.01 Å². The van der Waals surface area contributed by atoms with Crippen LogP contribution in [0.3, 0.4) is 0 Å². The fourth-order valence-electron chi connectivity index (χ4n) is 4.04. The molecule has 0 unspecified atom stereocenters. The lowest BCUT2D eigenvalue weighted by molar-refractivity contribution is 0.0491. The van der Waals surface area contributed by atoms with E-state index in [-0.39, 0.29) is 5.91 Å². The number of nitrogens with one attached hydrogen (secondary N) is 2. The number of fused-ring (bicyclic) bond motifs is 2. The van der Waals surface area contributed by atoms with Crippen molar-refractivity contribution in [2.24, 2.45) is 0 Å². The Balaban J connectivity index is 1.49. The molecule has 2 N–H and O–H groups in total. The van der Waals surface area contributed by atoms with Crippen LogP contribution < -0.4 is 15.5 Å². The van der Waals surface area contributed by atoms with Gasteiger partial charge in [0.15, 0.2) is 0 Å². The maximum Gasteiger partial charge on any atom is 0.276 e. The third-order valence-corrected chi connectivity index (χ3v) is 6.27. The summed E-state index contributed by atoms with van der Waals surface area (Å²) in [4.78, 5) is 26.7. The van der Waals surface area contributed by atoms with Crippen LogP contribution in [0.5, 0.6) is 5.75 Å². The lowest BCUT2D eigenvalue weighted by Crippen LogP contribution is -2.52. The van der Waals surface area contributed by atoms with E-state index in [1.807, 2.05) is 54.6 Å². The SMILES string of the molecule is C=CCOc1ccc(C(=O)NN2C(=O)c3cc(Br)ccc3N[C@@H]2c2ccc3ccccc3c2)cc1. The minimum Gasteiger partial charge on any atom is -0.490 e. The monoisotopic (exact) mass is 527 g/mol. The molecular formula is C28H22BrN3O3. The van der Waals surface area contributed by atoms with Gasteiger partial charge in [-0.1, -0.05) is 65.0 Å². The Hall–Kier alpha value is -4.10. The van der Waals surface area contributed by atoms with Crippen molar-refractivity contribution in [1.82, 2.24) is 10.4 Å². The van der Waals surface area contributed by atoms with Crippen molar-refractivity contribution in [3.63, 3.8) is 0 Å². The first-order valence-electron chi connectivity index (χ1n) is 11.1. The third kappa shape index (κ3) is 4.63. The first kappa shape index (κ1) is 22.7. The fraction of sp³-hybridized carbons (Fsp3) is 0.0714. The predicted octanol–water partition coefficient (Wildman–Crippen LogP) is 6.08. The van der Waals surface area contributed by atoms with Crippen LogP contribution in [0, 0.1) is 0 Å². The molecule has 1 aliphatic rings. The maximum absolute atomic E-state index is 13.6. The van der Waals surface area contributed by atoms with Crippen molar-refractivity contribution < 1.29 is 14.3 Å². The number of amides is 2. The largest absolute Gasteiger partial charge is 0.490 e. The molecule has 0 bridgehead atoms. The van der Waals surface area contributed by atoms with Crippen LogP contribution in [0.4, 0.5) is 5.69 Å². The normalized spacial score (nSPS) is 14.7. The summed E-state index contributed by atoms with van der Waals surface area (Å²) in [6.45, 7) is 4.01. The molecule has 4 aromatic rings. The van der Waals surface area contributed by atoms with Crippen LogP contribution in [-0.2, 0) is 0 Å². The summed E-state index contributed by atoms with van der Waals surface area (Å²) in [5, 5.41) is 6.90. The molecule has 1 atom stereocenters. The van der Waals surface area contributed by atoms with Crippen molar-refractivity contribution in [3.05, 3.63) is 119 Å². The summed E-state index contributed by atoms with van der Waals surface area (Å²) in [7, 11) is 0. The Bertz CT molecular complexity index is 1440. The van der Waals surface area contributed by atoms with Gasteiger partial charge in [0.25, 0.3) is 11.8 Å². The van der Waals surface area contributed by atoms with E-state index >= 15 is 0 Å². The first-order valence-corrected chi connectivity index (χ1v) is 11.9. The zero-order valence-electron chi connectivity index (χ0n) is 18.7. The van der Waals surface area contributed by atoms with E-state index < -0.39 is 12.1 Å². The van der Waals surface area contributed by atoms with Gasteiger partial charge < -0.3 is 10.1 Å². The molecule has 0 aliphatic carbocycles. The summed E-state index contributed by atoms with van der Waals surface area (Å²) in [5.41, 5.74) is 5.23. The van der Waals surface area contributed by atoms with E-state index in [2.05, 4.69) is 33.3 Å². The summed E-state index contributed by atoms with van der Waals surface area (Å²) >= 11 is 3.43. The van der Waals surface area contributed by atoms with Gasteiger partial charge in [-0.05, 0) is 64.9 Å². The lowest BCUT2D eigenvalue weighted by Gasteiger charge is -2.38. The fourth-order valence-corrected chi connectivity index (χ4v) is 4.40. The second kappa shape index (κ2) is 9.64. The molecule has 174 valence electrons. The lowest BCUT2D eigenvalue weighted by atomic mass is 10.0. The number of carbonyl (C=O) groups is 2. The molecule has 0 aromatic heterocycles. The Kier molecular flexibility index (Phi) is 6.25. The number of anilines is 1. The molecular weight excluding hydrogens is 506 g/mol. The van der Waals surface area contributed by atoms with E-state index in [9.17, 15) is 9.59 Å². The van der Waals surface area contributed by atoms with Crippen LogP contribution in [0.15, 0.2) is 102 Å². The minimum absolute atomic E-state index is 0.308. The van der Waals surface area contributed by atoms with Gasteiger partial charge in [0, 0.05) is 15.7 Å². The highest BCUT2D eigenvalue weighted by Crippen LogP contribution is 2.34. The summed E-state index contributed by atoms with van der Waals surface area (Å²) in [5.74, 6) is -0.0814. The van der Waals surface area contributed by atoms with Crippen molar-refractivity contribution in [1.29, 1.82) is 0 Å². The molecule has 0 spiro atoms. The van der Waals surface area contributed by atoms with Crippen LogP contribution >= 0.6 is 15.9 Å². The molecule has 0 radical (unpaired) electrons. The van der Waals surface area contributed by atoms with Crippen LogP contribution in [0.25, 0.3) is 10.8 Å². The standard InChI is InChI=1S/C28H22BrN3O3/c1-2-15-35-23-12-9-19(10-13-23)27(33)31-32-26(21-8-7-18-5-3-4-6-20(18)16-21)30-25-14-11-22(29)17-24(25)28(32)34/h2-14,16-17,26,30H,1,15H2,(H,31,33)/t26-/m0/s1. The van der Waals surface area contributed by atoms with Gasteiger partial charge in [-0.3, -0.25) is 15.0 Å². The highest BCUT2D eigenvalue weighted by atomic mass is 79.9. The number of rotatable bonds is 6. The summed E-state index contributed by atoms with van der Waals surface area (Å²) in [6.07, 6.45) is 1.05. The quantitative estimate of drug-likeness (QED) is 0.298. The molecule has 2 amide bonds. The number of carbonyl (C=O) groups excluding carboxylic acids is 2. The number of benzene rings is 4. The van der Waals surface area contributed by atoms with E-state index in [1.165, 1.54) is 5.01 Å². The molecule has 1 aliphatic heterocycles. The first-order chi connectivity index (χ1) is 17.0. The highest BCUT2D eigenvalue weighted by Gasteiger charge is 2.35. The Labute approximate surface area is 211 Å². The summed E-state index contributed by atoms with van der Waals surface area (Å²) < 4.78 is 6.26. The molecule has 0 saturated heterocycles. The number of hydrazine groups is 1. The van der Waals surface area contributed by atoms with E-state index in [0.29, 0.717) is 29.2 Å². The molecule has 1 heterocycles. The average Bonchev–Trinajstić information content (AvgIpc) is 2.89. The average molecular weight is 528 g/mol. The number of nitrogens with zero attached hydrogens (tertiary/aromatic N) is 1. The number of halogens is 1. The molecule has 35 heavy (non-hydrogen) atoms. The van der Waals surface area contributed by atoms with E-state index in [0.717, 1.165) is 20.8 Å². The molecule has 5 rings (SSSR count). The van der Waals surface area contributed by atoms with Gasteiger partial charge >= 0.3 is 0 Å². The molecule has 0 fully saturated rings. The molecule has 7 heteroatoms. The zero-order chi connectivity index (χ0) is 24.4. The minimum atomic E-state index is -0.597. The third-order valence-electron chi connectivity index (χ3n) is 5.78. The van der Waals surface area contributed by atoms with Gasteiger partial charge in [-0.2, -0.15) is 0 Å². The van der Waals surface area contributed by atoms with Crippen LogP contribution in [-0.4, -0.2) is 23.4 Å². The number of hydrogen-bond donors (Lipinski definition) is 2. The zero-order valence-corrected chi connectivity index (χ0v) is 20.3. The maximum atomic E-state index is 13.6. The second-order valence-electron chi connectivity index (χ2n) is 8.08. The number of ether oxygens (including phenoxy) is 1. The Morgan fingerprint density at radius 2 is 1.80 bits per heavy atom. The van der Waals surface area contributed by atoms with Crippen LogP contribution in [0.1, 0.15) is 32.4 Å². The molecule has 0 saturated carbocycles. The van der Waals surface area contributed by atoms with Crippen molar-refractivity contribution in [2.45, 2.75) is 6.17 Å². The van der Waals surface area contributed by atoms with Gasteiger partial charge in [0.05, 0.1) is 5.56 Å². The Morgan fingerprint density at radius 1 is 1.03 bits per heavy atom. The molecule has 6 nitrogen and oxygen atoms in total. The van der Waals surface area contributed by atoms with E-state index in [4.69, 9.17) is 4.74 Å². The highest BCUT2D eigenvalue weighted by molar-refractivity contribution is 9.10. The van der Waals surface area contributed by atoms with Crippen molar-refractivity contribution in [3.8, 4) is 5.75 Å². The summed E-state index contributed by atoms with van der Waals surface area (Å²) in [6, 6.07) is 26.2. The smallest absolute Gasteiger partial charge is 0.276 e. The molecule has 4 aromatic carbocycles. The predicted molar refractivity (Wildman–Crippen MR) is 140 cm³/mol. The van der Waals surface area contributed by atoms with Gasteiger partial charge in [0.2, 0.25) is 0 Å². The Morgan fingerprint density at radius 3 is 2.57 bits per heavy atom. The van der Waals surface area contributed by atoms with Gasteiger partial charge in [0.1, 0.15) is 18.5 Å². The van der Waals surface area contributed by atoms with Crippen molar-refractivity contribution in [2.75, 3.05) is 11.9 Å². The van der Waals surface area contributed by atoms with Crippen molar-refractivity contribution >= 4 is 44.2 Å². The second-order valence-corrected chi connectivity index (χ2v) is 9.00. The van der Waals surface area contributed by atoms with Gasteiger partial charge in [-0.15, -0.1) is 0 Å². The topological polar surface area (TPSA) is 70.7 Å².